The van der Waals surface area contributed by atoms with E-state index < -0.39 is 5.97 Å². The molecule has 2 aromatic rings. The van der Waals surface area contributed by atoms with Gasteiger partial charge in [-0.15, -0.1) is 0 Å². The van der Waals surface area contributed by atoms with Crippen molar-refractivity contribution in [3.8, 4) is 5.75 Å². The minimum Gasteiger partial charge on any atom is -0.489 e. The maximum Gasteiger partial charge on any atom is 0.341 e. The van der Waals surface area contributed by atoms with Crippen LogP contribution >= 0.6 is 0 Å². The van der Waals surface area contributed by atoms with Crippen molar-refractivity contribution in [1.82, 2.24) is 14.8 Å². The first-order valence-electron chi connectivity index (χ1n) is 6.38. The number of ether oxygens (including phenoxy) is 3. The summed E-state index contributed by atoms with van der Waals surface area (Å²) in [4.78, 5) is 15.3. The highest BCUT2D eigenvalue weighted by Gasteiger charge is 2.18. The van der Waals surface area contributed by atoms with Crippen LogP contribution in [0.2, 0.25) is 0 Å². The molecule has 0 saturated heterocycles. The van der Waals surface area contributed by atoms with E-state index in [1.165, 1.54) is 12.4 Å². The van der Waals surface area contributed by atoms with Crippen molar-refractivity contribution in [1.29, 1.82) is 0 Å². The van der Waals surface area contributed by atoms with Crippen LogP contribution in [0.3, 0.4) is 0 Å². The van der Waals surface area contributed by atoms with Gasteiger partial charge in [-0.1, -0.05) is 0 Å². The Hall–Kier alpha value is -2.19. The largest absolute Gasteiger partial charge is 0.489 e. The minimum absolute atomic E-state index is 0.00684. The van der Waals surface area contributed by atoms with Gasteiger partial charge in [0.25, 0.3) is 0 Å². The molecule has 2 aromatic heterocycles. The summed E-state index contributed by atoms with van der Waals surface area (Å²) in [5.74, 6) is -0.834. The normalized spacial score (nSPS) is 11.0. The number of fused-ring (bicyclic) bond motifs is 1. The maximum absolute atomic E-state index is 11.3. The Morgan fingerprint density at radius 2 is 2.05 bits per heavy atom. The van der Waals surface area contributed by atoms with Crippen LogP contribution in [-0.2, 0) is 16.5 Å². The molecule has 0 saturated carbocycles. The second-order valence-corrected chi connectivity index (χ2v) is 4.27. The number of hydrogen-bond acceptors (Lipinski definition) is 6. The van der Waals surface area contributed by atoms with Crippen molar-refractivity contribution in [2.45, 2.75) is 0 Å². The summed E-state index contributed by atoms with van der Waals surface area (Å²) in [5, 5.41) is 13.8. The van der Waals surface area contributed by atoms with E-state index in [1.54, 1.807) is 18.8 Å². The Labute approximate surface area is 121 Å². The molecular weight excluding hydrogens is 278 g/mol. The van der Waals surface area contributed by atoms with E-state index in [9.17, 15) is 9.90 Å². The van der Waals surface area contributed by atoms with E-state index in [-0.39, 0.29) is 17.9 Å². The van der Waals surface area contributed by atoms with Crippen LogP contribution < -0.4 is 4.74 Å². The van der Waals surface area contributed by atoms with Gasteiger partial charge in [0.2, 0.25) is 0 Å². The fraction of sp³-hybridized carbons (Fsp3) is 0.462. The van der Waals surface area contributed by atoms with Gasteiger partial charge in [-0.25, -0.2) is 9.78 Å². The van der Waals surface area contributed by atoms with Gasteiger partial charge >= 0.3 is 5.97 Å². The average molecular weight is 295 g/mol. The lowest BCUT2D eigenvalue weighted by Crippen LogP contribution is -2.12. The lowest BCUT2D eigenvalue weighted by Gasteiger charge is -2.10. The molecular formula is C13H17N3O5. The van der Waals surface area contributed by atoms with Gasteiger partial charge in [0.15, 0.2) is 5.65 Å². The molecule has 0 aliphatic rings. The maximum atomic E-state index is 11.3. The molecule has 8 heteroatoms. The Balaban J connectivity index is 2.12. The highest BCUT2D eigenvalue weighted by molar-refractivity contribution is 5.97. The number of carboxylic acid groups (broad SMARTS) is 1. The van der Waals surface area contributed by atoms with Crippen molar-refractivity contribution in [3.63, 3.8) is 0 Å². The van der Waals surface area contributed by atoms with Crippen LogP contribution in [0.25, 0.3) is 11.0 Å². The molecule has 0 unspecified atom stereocenters. The van der Waals surface area contributed by atoms with E-state index in [1.807, 2.05) is 0 Å². The van der Waals surface area contributed by atoms with E-state index in [0.717, 1.165) is 0 Å². The van der Waals surface area contributed by atoms with Gasteiger partial charge < -0.3 is 19.3 Å². The number of aromatic nitrogens is 3. The summed E-state index contributed by atoms with van der Waals surface area (Å²) >= 11 is 0. The third-order valence-corrected chi connectivity index (χ3v) is 2.85. The molecule has 2 heterocycles. The van der Waals surface area contributed by atoms with E-state index in [2.05, 4.69) is 10.1 Å². The zero-order valence-corrected chi connectivity index (χ0v) is 11.9. The van der Waals surface area contributed by atoms with E-state index >= 15 is 0 Å². The monoisotopic (exact) mass is 295 g/mol. The number of aromatic carboxylic acids is 1. The van der Waals surface area contributed by atoms with Crippen LogP contribution in [0.5, 0.6) is 5.75 Å². The topological polar surface area (TPSA) is 95.7 Å². The van der Waals surface area contributed by atoms with Crippen molar-refractivity contribution in [2.24, 2.45) is 7.05 Å². The zero-order valence-electron chi connectivity index (χ0n) is 11.9. The minimum atomic E-state index is -1.09. The Kier molecular flexibility index (Phi) is 5.07. The third-order valence-electron chi connectivity index (χ3n) is 2.85. The fourth-order valence-corrected chi connectivity index (χ4v) is 1.83. The smallest absolute Gasteiger partial charge is 0.341 e. The number of carbonyl (C=O) groups is 1. The number of aryl methyl sites for hydroxylation is 1. The summed E-state index contributed by atoms with van der Waals surface area (Å²) in [5.41, 5.74) is 0.572. The molecule has 0 atom stereocenters. The second kappa shape index (κ2) is 7.00. The number of nitrogens with zero attached hydrogens (tertiary/aromatic N) is 3. The first kappa shape index (κ1) is 15.2. The summed E-state index contributed by atoms with van der Waals surface area (Å²) in [7, 11) is 3.32. The predicted octanol–water partition coefficient (Wildman–Crippen LogP) is 0.708. The summed E-state index contributed by atoms with van der Waals surface area (Å²) in [6.45, 7) is 1.54. The Bertz CT molecular complexity index is 626. The Morgan fingerprint density at radius 3 is 2.76 bits per heavy atom. The van der Waals surface area contributed by atoms with Crippen LogP contribution in [0.15, 0.2) is 12.4 Å². The first-order valence-corrected chi connectivity index (χ1v) is 6.38. The number of carboxylic acids is 1. The van der Waals surface area contributed by atoms with Gasteiger partial charge in [-0.3, -0.25) is 4.68 Å². The van der Waals surface area contributed by atoms with Crippen molar-refractivity contribution >= 4 is 17.0 Å². The number of rotatable bonds is 8. The summed E-state index contributed by atoms with van der Waals surface area (Å²) < 4.78 is 17.3. The van der Waals surface area contributed by atoms with Crippen molar-refractivity contribution in [3.05, 3.63) is 18.0 Å². The van der Waals surface area contributed by atoms with Crippen LogP contribution in [0.1, 0.15) is 10.4 Å². The lowest BCUT2D eigenvalue weighted by atomic mass is 10.2. The molecule has 0 amide bonds. The molecule has 0 bridgehead atoms. The fourth-order valence-electron chi connectivity index (χ4n) is 1.83. The number of pyridine rings is 1. The molecule has 0 radical (unpaired) electrons. The third kappa shape index (κ3) is 3.47. The second-order valence-electron chi connectivity index (χ2n) is 4.27. The quantitative estimate of drug-likeness (QED) is 0.716. The van der Waals surface area contributed by atoms with E-state index in [4.69, 9.17) is 14.2 Å². The molecule has 0 spiro atoms. The summed E-state index contributed by atoms with van der Waals surface area (Å²) in [6, 6.07) is 0. The molecule has 0 aromatic carbocycles. The first-order chi connectivity index (χ1) is 10.1. The zero-order chi connectivity index (χ0) is 15.2. The van der Waals surface area contributed by atoms with Gasteiger partial charge in [0.05, 0.1) is 31.4 Å². The summed E-state index contributed by atoms with van der Waals surface area (Å²) in [6.07, 6.45) is 2.81. The number of methoxy groups -OCH3 is 1. The van der Waals surface area contributed by atoms with Gasteiger partial charge in [-0.05, 0) is 0 Å². The Morgan fingerprint density at radius 1 is 1.29 bits per heavy atom. The molecule has 0 fully saturated rings. The van der Waals surface area contributed by atoms with Gasteiger partial charge in [0.1, 0.15) is 17.9 Å². The van der Waals surface area contributed by atoms with Crippen molar-refractivity contribution in [2.75, 3.05) is 33.5 Å². The molecule has 8 nitrogen and oxygen atoms in total. The molecule has 1 N–H and O–H groups in total. The molecule has 0 aliphatic heterocycles. The SMILES string of the molecule is COCCOCCOc1c(C(=O)O)cnc2c1cnn2C. The van der Waals surface area contributed by atoms with Crippen LogP contribution in [0, 0.1) is 0 Å². The average Bonchev–Trinajstić information content (AvgIpc) is 2.84. The highest BCUT2D eigenvalue weighted by Crippen LogP contribution is 2.27. The van der Waals surface area contributed by atoms with E-state index in [0.29, 0.717) is 30.9 Å². The van der Waals surface area contributed by atoms with Crippen molar-refractivity contribution < 1.29 is 24.1 Å². The van der Waals surface area contributed by atoms with Gasteiger partial charge in [-0.2, -0.15) is 5.10 Å². The standard InChI is InChI=1S/C13H17N3O5/c1-16-12-9(8-15-16)11(10(7-14-12)13(17)18)21-6-5-20-4-3-19-2/h7-8H,3-6H2,1-2H3,(H,17,18). The lowest BCUT2D eigenvalue weighted by molar-refractivity contribution is 0.0538. The molecule has 2 rings (SSSR count). The van der Waals surface area contributed by atoms with Crippen LogP contribution in [0.4, 0.5) is 0 Å². The van der Waals surface area contributed by atoms with Crippen LogP contribution in [-0.4, -0.2) is 59.4 Å². The predicted molar refractivity (Wildman–Crippen MR) is 73.7 cm³/mol. The van der Waals surface area contributed by atoms with Gasteiger partial charge in [0, 0.05) is 20.4 Å². The molecule has 21 heavy (non-hydrogen) atoms. The number of hydrogen-bond donors (Lipinski definition) is 1. The highest BCUT2D eigenvalue weighted by atomic mass is 16.5. The molecule has 0 aliphatic carbocycles. The molecule has 114 valence electrons.